The summed E-state index contributed by atoms with van der Waals surface area (Å²) >= 11 is 0. The van der Waals surface area contributed by atoms with Crippen molar-refractivity contribution in [1.29, 1.82) is 0 Å². The molecule has 2 aliphatic heterocycles. The van der Waals surface area contributed by atoms with Gasteiger partial charge in [-0.25, -0.2) is 0 Å². The quantitative estimate of drug-likeness (QED) is 0.891. The van der Waals surface area contributed by atoms with E-state index in [4.69, 9.17) is 0 Å². The van der Waals surface area contributed by atoms with Gasteiger partial charge in [0.2, 0.25) is 5.91 Å². The number of likely N-dealkylation sites (tertiary alicyclic amines) is 1. The zero-order valence-electron chi connectivity index (χ0n) is 15.0. The summed E-state index contributed by atoms with van der Waals surface area (Å²) in [4.78, 5) is 30.0. The molecule has 1 amide bonds. The Morgan fingerprint density at radius 2 is 1.88 bits per heavy atom. The number of aryl methyl sites for hydroxylation is 1. The normalized spacial score (nSPS) is 24.6. The Balaban J connectivity index is 1.50. The van der Waals surface area contributed by atoms with Gasteiger partial charge in [-0.1, -0.05) is 19.1 Å². The predicted molar refractivity (Wildman–Crippen MR) is 96.7 cm³/mol. The zero-order chi connectivity index (χ0) is 18.0. The summed E-state index contributed by atoms with van der Waals surface area (Å²) in [6.07, 6.45) is 0. The second kappa shape index (κ2) is 7.44. The fraction of sp³-hybridized carbons (Fsp3) is 0.579. The van der Waals surface area contributed by atoms with Gasteiger partial charge >= 0.3 is 5.97 Å². The Bertz CT molecular complexity index is 641. The number of carbonyl (C=O) groups is 2. The highest BCUT2D eigenvalue weighted by Gasteiger charge is 2.36. The third kappa shape index (κ3) is 4.12. The van der Waals surface area contributed by atoms with Gasteiger partial charge in [0.25, 0.3) is 0 Å². The van der Waals surface area contributed by atoms with Crippen molar-refractivity contribution in [3.8, 4) is 0 Å². The predicted octanol–water partition coefficient (Wildman–Crippen LogP) is 1.30. The van der Waals surface area contributed by atoms with Gasteiger partial charge in [-0.3, -0.25) is 14.5 Å². The lowest BCUT2D eigenvalue weighted by molar-refractivity contribution is -0.142. The summed E-state index contributed by atoms with van der Waals surface area (Å²) in [7, 11) is 0. The first-order valence-corrected chi connectivity index (χ1v) is 8.98. The molecule has 136 valence electrons. The maximum atomic E-state index is 12.6. The molecular weight excluding hydrogens is 318 g/mol. The van der Waals surface area contributed by atoms with E-state index in [-0.39, 0.29) is 17.7 Å². The van der Waals surface area contributed by atoms with Crippen LogP contribution in [-0.2, 0) is 9.59 Å². The topological polar surface area (TPSA) is 64.1 Å². The third-order valence-corrected chi connectivity index (χ3v) is 5.36. The van der Waals surface area contributed by atoms with E-state index in [9.17, 15) is 14.7 Å². The average molecular weight is 345 g/mol. The van der Waals surface area contributed by atoms with Crippen LogP contribution in [0.25, 0.3) is 0 Å². The molecule has 25 heavy (non-hydrogen) atoms. The molecule has 2 heterocycles. The van der Waals surface area contributed by atoms with Crippen LogP contribution in [-0.4, -0.2) is 72.6 Å². The van der Waals surface area contributed by atoms with Crippen LogP contribution in [0.1, 0.15) is 12.5 Å². The molecule has 0 aliphatic carbocycles. The number of rotatable bonds is 4. The van der Waals surface area contributed by atoms with Gasteiger partial charge in [0.15, 0.2) is 0 Å². The van der Waals surface area contributed by atoms with Gasteiger partial charge < -0.3 is 14.9 Å². The van der Waals surface area contributed by atoms with E-state index in [1.165, 1.54) is 11.3 Å². The molecule has 0 bridgehead atoms. The Kier molecular flexibility index (Phi) is 5.27. The molecule has 1 aromatic carbocycles. The summed E-state index contributed by atoms with van der Waals surface area (Å²) < 4.78 is 0. The van der Waals surface area contributed by atoms with Crippen molar-refractivity contribution < 1.29 is 14.7 Å². The van der Waals surface area contributed by atoms with Crippen LogP contribution in [0.5, 0.6) is 0 Å². The van der Waals surface area contributed by atoms with Crippen LogP contribution in [0, 0.1) is 18.8 Å². The van der Waals surface area contributed by atoms with E-state index < -0.39 is 5.97 Å². The SMILES string of the molecule is Cc1cccc(N2CCN(C(=O)CN3C[C@@H](C)[C@H](C(=O)O)C3)CC2)c1. The van der Waals surface area contributed by atoms with E-state index in [0.29, 0.717) is 19.6 Å². The summed E-state index contributed by atoms with van der Waals surface area (Å²) in [6.45, 7) is 8.65. The Morgan fingerprint density at radius 1 is 1.16 bits per heavy atom. The molecule has 0 radical (unpaired) electrons. The van der Waals surface area contributed by atoms with E-state index in [0.717, 1.165) is 26.2 Å². The smallest absolute Gasteiger partial charge is 0.308 e. The average Bonchev–Trinajstić information content (AvgIpc) is 2.95. The van der Waals surface area contributed by atoms with Crippen LogP contribution in [0.2, 0.25) is 0 Å². The number of hydrogen-bond acceptors (Lipinski definition) is 4. The number of benzene rings is 1. The van der Waals surface area contributed by atoms with Crippen LogP contribution in [0.15, 0.2) is 24.3 Å². The first-order chi connectivity index (χ1) is 11.9. The molecule has 0 spiro atoms. The lowest BCUT2D eigenvalue weighted by Gasteiger charge is -2.37. The van der Waals surface area contributed by atoms with Gasteiger partial charge in [-0.15, -0.1) is 0 Å². The molecule has 6 heteroatoms. The van der Waals surface area contributed by atoms with Crippen molar-refractivity contribution in [2.75, 3.05) is 50.7 Å². The number of anilines is 1. The Labute approximate surface area is 149 Å². The first-order valence-electron chi connectivity index (χ1n) is 8.98. The van der Waals surface area contributed by atoms with Crippen molar-refractivity contribution in [3.63, 3.8) is 0 Å². The second-order valence-corrected chi connectivity index (χ2v) is 7.32. The largest absolute Gasteiger partial charge is 0.481 e. The molecule has 2 saturated heterocycles. The number of carbonyl (C=O) groups excluding carboxylic acids is 1. The minimum Gasteiger partial charge on any atom is -0.481 e. The van der Waals surface area contributed by atoms with Crippen molar-refractivity contribution >= 4 is 17.6 Å². The molecule has 0 unspecified atom stereocenters. The highest BCUT2D eigenvalue weighted by molar-refractivity contribution is 5.79. The van der Waals surface area contributed by atoms with Gasteiger partial charge in [-0.05, 0) is 30.5 Å². The van der Waals surface area contributed by atoms with E-state index in [2.05, 4.69) is 36.1 Å². The highest BCUT2D eigenvalue weighted by Crippen LogP contribution is 2.23. The third-order valence-electron chi connectivity index (χ3n) is 5.36. The maximum absolute atomic E-state index is 12.6. The maximum Gasteiger partial charge on any atom is 0.308 e. The van der Waals surface area contributed by atoms with Crippen molar-refractivity contribution in [3.05, 3.63) is 29.8 Å². The lowest BCUT2D eigenvalue weighted by atomic mass is 9.99. The van der Waals surface area contributed by atoms with Crippen LogP contribution in [0.3, 0.4) is 0 Å². The summed E-state index contributed by atoms with van der Waals surface area (Å²) in [5.74, 6) is -0.897. The molecule has 0 aromatic heterocycles. The number of aliphatic carboxylic acids is 1. The van der Waals surface area contributed by atoms with Crippen molar-refractivity contribution in [1.82, 2.24) is 9.80 Å². The first kappa shape index (κ1) is 17.7. The van der Waals surface area contributed by atoms with E-state index in [1.807, 2.05) is 16.7 Å². The number of carboxylic acids is 1. The summed E-state index contributed by atoms with van der Waals surface area (Å²) in [6, 6.07) is 8.44. The number of hydrogen-bond donors (Lipinski definition) is 1. The second-order valence-electron chi connectivity index (χ2n) is 7.32. The zero-order valence-corrected chi connectivity index (χ0v) is 15.0. The summed E-state index contributed by atoms with van der Waals surface area (Å²) in [5.41, 5.74) is 2.46. The molecule has 0 saturated carbocycles. The van der Waals surface area contributed by atoms with Crippen molar-refractivity contribution in [2.45, 2.75) is 13.8 Å². The minimum absolute atomic E-state index is 0.100. The lowest BCUT2D eigenvalue weighted by Crippen LogP contribution is -2.51. The number of carboxylic acid groups (broad SMARTS) is 1. The fourth-order valence-electron chi connectivity index (χ4n) is 3.85. The van der Waals surface area contributed by atoms with Crippen molar-refractivity contribution in [2.24, 2.45) is 11.8 Å². The molecule has 2 atom stereocenters. The monoisotopic (exact) mass is 345 g/mol. The Morgan fingerprint density at radius 3 is 2.48 bits per heavy atom. The molecule has 1 N–H and O–H groups in total. The standard InChI is InChI=1S/C19H27N3O3/c1-14-4-3-5-16(10-14)21-6-8-22(9-7-21)18(23)13-20-11-15(2)17(12-20)19(24)25/h3-5,10,15,17H,6-9,11-13H2,1-2H3,(H,24,25)/t15-,17-/m1/s1. The van der Waals surface area contributed by atoms with Crippen LogP contribution < -0.4 is 4.90 Å². The molecule has 6 nitrogen and oxygen atoms in total. The number of nitrogens with zero attached hydrogens (tertiary/aromatic N) is 3. The number of amides is 1. The van der Waals surface area contributed by atoms with Gasteiger partial charge in [-0.2, -0.15) is 0 Å². The van der Waals surface area contributed by atoms with Crippen LogP contribution >= 0.6 is 0 Å². The van der Waals surface area contributed by atoms with Gasteiger partial charge in [0.05, 0.1) is 12.5 Å². The number of piperazine rings is 1. The van der Waals surface area contributed by atoms with Gasteiger partial charge in [0, 0.05) is 45.0 Å². The summed E-state index contributed by atoms with van der Waals surface area (Å²) in [5, 5.41) is 9.21. The molecule has 2 fully saturated rings. The van der Waals surface area contributed by atoms with E-state index >= 15 is 0 Å². The minimum atomic E-state index is -0.755. The van der Waals surface area contributed by atoms with Crippen LogP contribution in [0.4, 0.5) is 5.69 Å². The Hall–Kier alpha value is -2.08. The molecule has 2 aliphatic rings. The highest BCUT2D eigenvalue weighted by atomic mass is 16.4. The fourth-order valence-corrected chi connectivity index (χ4v) is 3.85. The molecule has 1 aromatic rings. The molecular formula is C19H27N3O3. The molecule has 3 rings (SSSR count). The van der Waals surface area contributed by atoms with E-state index in [1.54, 1.807) is 0 Å². The van der Waals surface area contributed by atoms with Gasteiger partial charge in [0.1, 0.15) is 0 Å².